The van der Waals surface area contributed by atoms with Gasteiger partial charge in [0.25, 0.3) is 0 Å². The third-order valence-corrected chi connectivity index (χ3v) is 2.02. The monoisotopic (exact) mass is 233 g/mol. The van der Waals surface area contributed by atoms with Crippen molar-refractivity contribution in [2.24, 2.45) is 0 Å². The number of halogens is 1. The number of hydrogen-bond acceptors (Lipinski definition) is 2. The average Bonchev–Trinajstić information content (AvgIpc) is 2.25. The fraction of sp³-hybridized carbons (Fsp3) is 0.231. The molecule has 0 heterocycles. The van der Waals surface area contributed by atoms with Crippen LogP contribution in [0.5, 0.6) is 0 Å². The van der Waals surface area contributed by atoms with Crippen LogP contribution >= 0.6 is 0 Å². The molecule has 0 radical (unpaired) electrons. The quantitative estimate of drug-likeness (QED) is 0.621. The Labute approximate surface area is 99.0 Å². The van der Waals surface area contributed by atoms with E-state index in [0.29, 0.717) is 5.56 Å². The molecule has 0 aliphatic carbocycles. The van der Waals surface area contributed by atoms with Crippen molar-refractivity contribution in [3.63, 3.8) is 0 Å². The summed E-state index contributed by atoms with van der Waals surface area (Å²) in [6.07, 6.45) is 0. The van der Waals surface area contributed by atoms with E-state index in [-0.39, 0.29) is 23.8 Å². The number of hydrogen-bond donors (Lipinski definition) is 1. The van der Waals surface area contributed by atoms with Gasteiger partial charge >= 0.3 is 0 Å². The minimum Gasteiger partial charge on any atom is -0.345 e. The molecule has 0 aromatic heterocycles. The molecule has 0 aliphatic rings. The van der Waals surface area contributed by atoms with Crippen LogP contribution in [-0.2, 0) is 4.79 Å². The van der Waals surface area contributed by atoms with E-state index in [2.05, 4.69) is 17.2 Å². The molecule has 4 heteroatoms. The van der Waals surface area contributed by atoms with E-state index < -0.39 is 5.82 Å². The van der Waals surface area contributed by atoms with Crippen molar-refractivity contribution in [3.05, 3.63) is 35.1 Å². The van der Waals surface area contributed by atoms with Gasteiger partial charge in [-0.05, 0) is 25.1 Å². The second kappa shape index (κ2) is 5.80. The van der Waals surface area contributed by atoms with Crippen molar-refractivity contribution in [2.45, 2.75) is 13.8 Å². The maximum Gasteiger partial charge on any atom is 0.217 e. The van der Waals surface area contributed by atoms with Gasteiger partial charge in [-0.3, -0.25) is 9.59 Å². The molecule has 1 aromatic carbocycles. The van der Waals surface area contributed by atoms with Crippen LogP contribution < -0.4 is 5.32 Å². The number of Topliss-reactive ketones (excluding diaryl/α,β-unsaturated/α-hetero) is 1. The molecule has 88 valence electrons. The van der Waals surface area contributed by atoms with Gasteiger partial charge in [0.15, 0.2) is 5.78 Å². The van der Waals surface area contributed by atoms with E-state index in [1.54, 1.807) is 0 Å². The van der Waals surface area contributed by atoms with Crippen molar-refractivity contribution >= 4 is 11.7 Å². The molecule has 1 N–H and O–H groups in total. The maximum absolute atomic E-state index is 13.3. The summed E-state index contributed by atoms with van der Waals surface area (Å²) in [6, 6.07) is 4.02. The molecule has 1 rings (SSSR count). The molecular weight excluding hydrogens is 221 g/mol. The van der Waals surface area contributed by atoms with Crippen LogP contribution in [-0.4, -0.2) is 18.2 Å². The lowest BCUT2D eigenvalue weighted by atomic mass is 10.1. The van der Waals surface area contributed by atoms with E-state index in [4.69, 9.17) is 0 Å². The zero-order valence-electron chi connectivity index (χ0n) is 9.63. The number of carbonyl (C=O) groups excluding carboxylic acids is 2. The zero-order valence-corrected chi connectivity index (χ0v) is 9.63. The predicted molar refractivity (Wildman–Crippen MR) is 62.0 cm³/mol. The van der Waals surface area contributed by atoms with Gasteiger partial charge in [-0.25, -0.2) is 4.39 Å². The molecule has 1 aromatic rings. The number of ketones is 1. The molecule has 0 saturated heterocycles. The molecular formula is C13H12FNO2. The number of benzene rings is 1. The molecule has 3 nitrogen and oxygen atoms in total. The summed E-state index contributed by atoms with van der Waals surface area (Å²) in [5, 5.41) is 2.47. The smallest absolute Gasteiger partial charge is 0.217 e. The Morgan fingerprint density at radius 1 is 1.35 bits per heavy atom. The summed E-state index contributed by atoms with van der Waals surface area (Å²) in [7, 11) is 0. The highest BCUT2D eigenvalue weighted by molar-refractivity contribution is 5.94. The summed E-state index contributed by atoms with van der Waals surface area (Å²) in [6.45, 7) is 2.93. The standard InChI is InChI=1S/C13H12FNO2/c1-9(16)11-5-6-13(14)12(8-11)4-3-7-15-10(2)17/h5-6,8H,7H2,1-2H3,(H,15,17). The first-order valence-corrected chi connectivity index (χ1v) is 5.04. The van der Waals surface area contributed by atoms with E-state index in [1.165, 1.54) is 32.0 Å². The lowest BCUT2D eigenvalue weighted by Gasteiger charge is -1.98. The Balaban J connectivity index is 2.86. The van der Waals surface area contributed by atoms with Crippen LogP contribution in [0.4, 0.5) is 4.39 Å². The fourth-order valence-electron chi connectivity index (χ4n) is 1.15. The summed E-state index contributed by atoms with van der Waals surface area (Å²) >= 11 is 0. The summed E-state index contributed by atoms with van der Waals surface area (Å²) in [4.78, 5) is 21.7. The molecule has 0 saturated carbocycles. The lowest BCUT2D eigenvalue weighted by molar-refractivity contribution is -0.118. The van der Waals surface area contributed by atoms with Crippen molar-refractivity contribution < 1.29 is 14.0 Å². The Morgan fingerprint density at radius 3 is 2.65 bits per heavy atom. The molecule has 0 aliphatic heterocycles. The van der Waals surface area contributed by atoms with E-state index in [0.717, 1.165) is 0 Å². The van der Waals surface area contributed by atoms with Crippen molar-refractivity contribution in [1.29, 1.82) is 0 Å². The first-order valence-electron chi connectivity index (χ1n) is 5.04. The van der Waals surface area contributed by atoms with Crippen LogP contribution in [0.15, 0.2) is 18.2 Å². The van der Waals surface area contributed by atoms with Crippen molar-refractivity contribution in [3.8, 4) is 11.8 Å². The largest absolute Gasteiger partial charge is 0.345 e. The molecule has 0 spiro atoms. The van der Waals surface area contributed by atoms with E-state index in [9.17, 15) is 14.0 Å². The van der Waals surface area contributed by atoms with Crippen molar-refractivity contribution in [2.75, 3.05) is 6.54 Å². The third kappa shape index (κ3) is 4.07. The molecule has 17 heavy (non-hydrogen) atoms. The van der Waals surface area contributed by atoms with Crippen LogP contribution in [0.3, 0.4) is 0 Å². The van der Waals surface area contributed by atoms with Crippen molar-refractivity contribution in [1.82, 2.24) is 5.32 Å². The van der Waals surface area contributed by atoms with Gasteiger partial charge in [-0.15, -0.1) is 0 Å². The van der Waals surface area contributed by atoms with Gasteiger partial charge in [0.2, 0.25) is 5.91 Å². The predicted octanol–water partition coefficient (Wildman–Crippen LogP) is 1.52. The number of nitrogens with one attached hydrogen (secondary N) is 1. The van der Waals surface area contributed by atoms with E-state index in [1.807, 2.05) is 0 Å². The second-order valence-electron chi connectivity index (χ2n) is 3.46. The third-order valence-electron chi connectivity index (χ3n) is 2.02. The van der Waals surface area contributed by atoms with Gasteiger partial charge in [-0.2, -0.15) is 0 Å². The molecule has 0 atom stereocenters. The van der Waals surface area contributed by atoms with Gasteiger partial charge in [0.05, 0.1) is 12.1 Å². The van der Waals surface area contributed by atoms with Gasteiger partial charge in [-0.1, -0.05) is 11.8 Å². The highest BCUT2D eigenvalue weighted by atomic mass is 19.1. The minimum absolute atomic E-state index is 0.144. The summed E-state index contributed by atoms with van der Waals surface area (Å²) < 4.78 is 13.3. The van der Waals surface area contributed by atoms with E-state index >= 15 is 0 Å². The molecule has 1 amide bonds. The van der Waals surface area contributed by atoms with Crippen LogP contribution in [0.2, 0.25) is 0 Å². The number of rotatable bonds is 2. The number of carbonyl (C=O) groups is 2. The lowest BCUT2D eigenvalue weighted by Crippen LogP contribution is -2.19. The SMILES string of the molecule is CC(=O)NCC#Cc1cc(C(C)=O)ccc1F. The Hall–Kier alpha value is -2.15. The topological polar surface area (TPSA) is 46.2 Å². The first-order chi connectivity index (χ1) is 8.00. The Bertz CT molecular complexity index is 512. The second-order valence-corrected chi connectivity index (χ2v) is 3.46. The van der Waals surface area contributed by atoms with Gasteiger partial charge in [0, 0.05) is 12.5 Å². The fourth-order valence-corrected chi connectivity index (χ4v) is 1.15. The first kappa shape index (κ1) is 12.9. The number of amides is 1. The summed E-state index contributed by atoms with van der Waals surface area (Å²) in [5.74, 6) is 4.36. The Kier molecular flexibility index (Phi) is 4.41. The average molecular weight is 233 g/mol. The highest BCUT2D eigenvalue weighted by Gasteiger charge is 2.04. The van der Waals surface area contributed by atoms with Crippen LogP contribution in [0, 0.1) is 17.7 Å². The molecule has 0 fully saturated rings. The normalized spacial score (nSPS) is 9.12. The maximum atomic E-state index is 13.3. The van der Waals surface area contributed by atoms with Crippen LogP contribution in [0.25, 0.3) is 0 Å². The highest BCUT2D eigenvalue weighted by Crippen LogP contribution is 2.09. The van der Waals surface area contributed by atoms with Gasteiger partial charge < -0.3 is 5.32 Å². The molecule has 0 unspecified atom stereocenters. The molecule has 0 bridgehead atoms. The Morgan fingerprint density at radius 2 is 2.06 bits per heavy atom. The minimum atomic E-state index is -0.481. The summed E-state index contributed by atoms with van der Waals surface area (Å²) in [5.41, 5.74) is 0.568. The van der Waals surface area contributed by atoms with Crippen LogP contribution in [0.1, 0.15) is 29.8 Å². The van der Waals surface area contributed by atoms with Gasteiger partial charge in [0.1, 0.15) is 5.82 Å². The zero-order chi connectivity index (χ0) is 12.8.